The molecule has 0 spiro atoms. The highest BCUT2D eigenvalue weighted by Crippen LogP contribution is 2.51. The maximum Gasteiger partial charge on any atom is 0.0540 e. The third-order valence-corrected chi connectivity index (χ3v) is 13.1. The van der Waals surface area contributed by atoms with Crippen molar-refractivity contribution in [2.75, 3.05) is 4.90 Å². The maximum atomic E-state index is 2.46. The van der Waals surface area contributed by atoms with Crippen molar-refractivity contribution in [2.45, 2.75) is 19.3 Å². The minimum atomic E-state index is -0.108. The summed E-state index contributed by atoms with van der Waals surface area (Å²) >= 11 is 1.89. The number of rotatable bonds is 5. The van der Waals surface area contributed by atoms with Crippen molar-refractivity contribution in [2.24, 2.45) is 0 Å². The van der Waals surface area contributed by atoms with Gasteiger partial charge in [-0.1, -0.05) is 159 Å². The molecule has 55 heavy (non-hydrogen) atoms. The Bertz CT molecular complexity index is 3130. The molecule has 0 saturated heterocycles. The van der Waals surface area contributed by atoms with E-state index in [1.165, 1.54) is 86.2 Å². The fraction of sp³-hybridized carbons (Fsp3) is 0.0566. The number of hydrogen-bond donors (Lipinski definition) is 0. The van der Waals surface area contributed by atoms with Gasteiger partial charge in [0.05, 0.1) is 5.69 Å². The monoisotopic (exact) mass is 719 g/mol. The number of nitrogens with zero attached hydrogens (tertiary/aromatic N) is 1. The Hall–Kier alpha value is -6.48. The van der Waals surface area contributed by atoms with Crippen LogP contribution in [0.15, 0.2) is 188 Å². The summed E-state index contributed by atoms with van der Waals surface area (Å²) < 4.78 is 2.69. The fourth-order valence-corrected chi connectivity index (χ4v) is 10.3. The van der Waals surface area contributed by atoms with Gasteiger partial charge in [0.25, 0.3) is 0 Å². The summed E-state index contributed by atoms with van der Waals surface area (Å²) in [5, 5.41) is 7.76. The molecule has 1 aromatic heterocycles. The van der Waals surface area contributed by atoms with E-state index in [1.807, 2.05) is 11.3 Å². The van der Waals surface area contributed by atoms with Crippen molar-refractivity contribution >= 4 is 70.1 Å². The third kappa shape index (κ3) is 4.99. The lowest BCUT2D eigenvalue weighted by Gasteiger charge is -2.30. The van der Waals surface area contributed by atoms with Crippen LogP contribution in [0.25, 0.3) is 75.1 Å². The van der Waals surface area contributed by atoms with Gasteiger partial charge in [0, 0.05) is 47.9 Å². The Balaban J connectivity index is 1.07. The molecule has 0 N–H and O–H groups in total. The topological polar surface area (TPSA) is 3.24 Å². The molecule has 0 unspecified atom stereocenters. The van der Waals surface area contributed by atoms with Crippen LogP contribution in [0.4, 0.5) is 17.1 Å². The third-order valence-electron chi connectivity index (χ3n) is 11.9. The van der Waals surface area contributed by atoms with Crippen LogP contribution < -0.4 is 4.90 Å². The van der Waals surface area contributed by atoms with Gasteiger partial charge in [-0.15, -0.1) is 11.3 Å². The van der Waals surface area contributed by atoms with E-state index in [2.05, 4.69) is 207 Å². The molecule has 1 aliphatic carbocycles. The maximum absolute atomic E-state index is 2.46. The Morgan fingerprint density at radius 1 is 0.400 bits per heavy atom. The molecule has 0 fully saturated rings. The summed E-state index contributed by atoms with van der Waals surface area (Å²) in [6.45, 7) is 4.72. The summed E-state index contributed by atoms with van der Waals surface area (Å²) in [5.74, 6) is 0. The highest BCUT2D eigenvalue weighted by molar-refractivity contribution is 7.26. The van der Waals surface area contributed by atoms with Crippen molar-refractivity contribution in [1.82, 2.24) is 0 Å². The van der Waals surface area contributed by atoms with Gasteiger partial charge >= 0.3 is 0 Å². The van der Waals surface area contributed by atoms with Crippen LogP contribution in [0.3, 0.4) is 0 Å². The number of anilines is 3. The molecular formula is C53H37NS. The molecule has 0 amide bonds. The summed E-state index contributed by atoms with van der Waals surface area (Å²) in [7, 11) is 0. The summed E-state index contributed by atoms with van der Waals surface area (Å²) in [5.41, 5.74) is 13.6. The van der Waals surface area contributed by atoms with Gasteiger partial charge in [-0.05, 0) is 97.6 Å². The van der Waals surface area contributed by atoms with Crippen LogP contribution in [0, 0.1) is 0 Å². The minimum Gasteiger partial charge on any atom is -0.310 e. The summed E-state index contributed by atoms with van der Waals surface area (Å²) in [6.07, 6.45) is 0. The van der Waals surface area contributed by atoms with Crippen LogP contribution in [-0.4, -0.2) is 0 Å². The predicted molar refractivity (Wildman–Crippen MR) is 237 cm³/mol. The first-order valence-electron chi connectivity index (χ1n) is 19.1. The van der Waals surface area contributed by atoms with E-state index in [9.17, 15) is 0 Å². The van der Waals surface area contributed by atoms with E-state index in [4.69, 9.17) is 0 Å². The lowest BCUT2D eigenvalue weighted by molar-refractivity contribution is 0.660. The molecule has 1 aliphatic rings. The van der Waals surface area contributed by atoms with E-state index in [-0.39, 0.29) is 5.41 Å². The van der Waals surface area contributed by atoms with Gasteiger partial charge in [0.2, 0.25) is 0 Å². The van der Waals surface area contributed by atoms with Gasteiger partial charge in [0.1, 0.15) is 0 Å². The molecule has 9 aromatic carbocycles. The van der Waals surface area contributed by atoms with Crippen LogP contribution in [0.5, 0.6) is 0 Å². The molecule has 10 aromatic rings. The molecule has 0 saturated carbocycles. The Labute approximate surface area is 325 Å². The highest BCUT2D eigenvalue weighted by atomic mass is 32.1. The summed E-state index contributed by atoms with van der Waals surface area (Å²) in [6, 6.07) is 69.6. The molecule has 0 radical (unpaired) electrons. The zero-order valence-electron chi connectivity index (χ0n) is 30.8. The smallest absolute Gasteiger partial charge is 0.0540 e. The van der Waals surface area contributed by atoms with Crippen LogP contribution in [-0.2, 0) is 5.41 Å². The first-order valence-corrected chi connectivity index (χ1v) is 19.9. The second kappa shape index (κ2) is 12.3. The SMILES string of the molecule is CC1(C)c2ccccc2-c2ccc(N(c3ccc(-c4cccc5c4ccc4c6ccccc6sc54)cc3)c3ccccc3-c3ccc4ccccc4c3)cc21. The molecule has 260 valence electrons. The number of thiophene rings is 1. The van der Waals surface area contributed by atoms with Gasteiger partial charge in [-0.25, -0.2) is 0 Å². The minimum absolute atomic E-state index is 0.108. The largest absolute Gasteiger partial charge is 0.310 e. The van der Waals surface area contributed by atoms with E-state index in [1.54, 1.807) is 0 Å². The molecule has 11 rings (SSSR count). The Morgan fingerprint density at radius 2 is 1.04 bits per heavy atom. The van der Waals surface area contributed by atoms with Crippen molar-refractivity contribution < 1.29 is 0 Å². The lowest BCUT2D eigenvalue weighted by atomic mass is 9.82. The standard InChI is InChI=1S/C53H37NS/c1-53(2)48-19-8-5-15-43(48)44-29-28-39(33-49(44)53)54(50-20-9-6-14-41(50)37-23-22-34-12-3-4-13-36(34)32-37)38-26-24-35(25-27-38)40-17-11-18-46-42(40)30-31-47-45-16-7-10-21-51(45)55-52(46)47/h3-33H,1-2H3. The number of benzene rings is 9. The van der Waals surface area contributed by atoms with Crippen LogP contribution >= 0.6 is 11.3 Å². The zero-order valence-corrected chi connectivity index (χ0v) is 31.6. The van der Waals surface area contributed by atoms with Gasteiger partial charge in [-0.3, -0.25) is 0 Å². The number of hydrogen-bond acceptors (Lipinski definition) is 2. The molecule has 0 atom stereocenters. The van der Waals surface area contributed by atoms with Crippen molar-refractivity contribution in [3.05, 3.63) is 199 Å². The zero-order chi connectivity index (χ0) is 36.7. The van der Waals surface area contributed by atoms with Crippen molar-refractivity contribution in [3.8, 4) is 33.4 Å². The van der Waals surface area contributed by atoms with E-state index in [0.29, 0.717) is 0 Å². The van der Waals surface area contributed by atoms with E-state index in [0.717, 1.165) is 17.1 Å². The quantitative estimate of drug-likeness (QED) is 0.171. The molecule has 1 heterocycles. The Morgan fingerprint density at radius 3 is 1.93 bits per heavy atom. The highest BCUT2D eigenvalue weighted by Gasteiger charge is 2.36. The van der Waals surface area contributed by atoms with Crippen LogP contribution in [0.2, 0.25) is 0 Å². The average Bonchev–Trinajstić information content (AvgIpc) is 3.73. The molecular weight excluding hydrogens is 683 g/mol. The number of fused-ring (bicyclic) bond motifs is 9. The molecule has 0 aliphatic heterocycles. The summed E-state index contributed by atoms with van der Waals surface area (Å²) in [4.78, 5) is 2.46. The van der Waals surface area contributed by atoms with E-state index < -0.39 is 0 Å². The average molecular weight is 720 g/mol. The van der Waals surface area contributed by atoms with Crippen molar-refractivity contribution in [1.29, 1.82) is 0 Å². The second-order valence-corrected chi connectivity index (χ2v) is 16.4. The molecule has 1 nitrogen and oxygen atoms in total. The van der Waals surface area contributed by atoms with Crippen molar-refractivity contribution in [3.63, 3.8) is 0 Å². The predicted octanol–water partition coefficient (Wildman–Crippen LogP) is 15.5. The molecule has 0 bridgehead atoms. The van der Waals surface area contributed by atoms with Gasteiger partial charge in [-0.2, -0.15) is 0 Å². The lowest BCUT2D eigenvalue weighted by Crippen LogP contribution is -2.16. The van der Waals surface area contributed by atoms with E-state index >= 15 is 0 Å². The first-order chi connectivity index (χ1) is 27.0. The molecule has 2 heteroatoms. The number of para-hydroxylation sites is 1. The normalized spacial score (nSPS) is 13.1. The fourth-order valence-electron chi connectivity index (χ4n) is 9.11. The first kappa shape index (κ1) is 32.0. The van der Waals surface area contributed by atoms with Gasteiger partial charge < -0.3 is 4.90 Å². The Kier molecular flexibility index (Phi) is 7.14. The van der Waals surface area contributed by atoms with Gasteiger partial charge in [0.15, 0.2) is 0 Å². The second-order valence-electron chi connectivity index (χ2n) is 15.3. The van der Waals surface area contributed by atoms with Crippen LogP contribution in [0.1, 0.15) is 25.0 Å².